The standard InChI is InChI=1S/C20H26N4O.ClH/c1-14-6-3-4-8-19(14)24-15(2)18(12-22-24)20(25)23(17-9-10-17)13-16-7-5-11-21-16;/h3-4,6,8,12,16-17,21H,5,7,9-11,13H2,1-2H3;1H. The second kappa shape index (κ2) is 7.80. The molecule has 6 heteroatoms. The van der Waals surface area contributed by atoms with Crippen LogP contribution in [0, 0.1) is 13.8 Å². The highest BCUT2D eigenvalue weighted by Gasteiger charge is 2.36. The van der Waals surface area contributed by atoms with Gasteiger partial charge in [0.25, 0.3) is 5.91 Å². The first-order valence-corrected chi connectivity index (χ1v) is 9.30. The van der Waals surface area contributed by atoms with Gasteiger partial charge in [0.1, 0.15) is 0 Å². The molecular weight excluding hydrogens is 348 g/mol. The maximum absolute atomic E-state index is 13.2. The molecule has 0 spiro atoms. The first-order valence-electron chi connectivity index (χ1n) is 9.30. The SMILES string of the molecule is Cc1ccccc1-n1ncc(C(=O)N(CC2CCCN2)C2CC2)c1C.Cl. The Hall–Kier alpha value is -1.85. The van der Waals surface area contributed by atoms with Crippen LogP contribution in [0.25, 0.3) is 5.69 Å². The molecule has 1 saturated carbocycles. The van der Waals surface area contributed by atoms with E-state index in [4.69, 9.17) is 0 Å². The molecule has 26 heavy (non-hydrogen) atoms. The number of hydrogen-bond donors (Lipinski definition) is 1. The molecule has 1 aliphatic heterocycles. The number of nitrogens with zero attached hydrogens (tertiary/aromatic N) is 3. The Bertz CT molecular complexity index is 778. The first kappa shape index (κ1) is 18.9. The Kier molecular flexibility index (Phi) is 5.68. The summed E-state index contributed by atoms with van der Waals surface area (Å²) in [6.07, 6.45) is 6.37. The van der Waals surface area contributed by atoms with Crippen molar-refractivity contribution in [3.05, 3.63) is 47.3 Å². The van der Waals surface area contributed by atoms with E-state index in [9.17, 15) is 4.79 Å². The highest BCUT2D eigenvalue weighted by molar-refractivity contribution is 5.95. The molecule has 1 atom stereocenters. The smallest absolute Gasteiger partial charge is 0.257 e. The van der Waals surface area contributed by atoms with Gasteiger partial charge in [-0.2, -0.15) is 5.10 Å². The predicted molar refractivity (Wildman–Crippen MR) is 105 cm³/mol. The zero-order chi connectivity index (χ0) is 17.4. The molecule has 1 aromatic carbocycles. The minimum atomic E-state index is 0. The van der Waals surface area contributed by atoms with Crippen LogP contribution in [-0.2, 0) is 0 Å². The summed E-state index contributed by atoms with van der Waals surface area (Å²) in [5, 5.41) is 8.03. The van der Waals surface area contributed by atoms with Crippen molar-refractivity contribution >= 4 is 18.3 Å². The molecule has 2 aromatic rings. The topological polar surface area (TPSA) is 50.2 Å². The molecule has 1 aromatic heterocycles. The Balaban J connectivity index is 0.00000196. The second-order valence-electron chi connectivity index (χ2n) is 7.32. The molecule has 1 saturated heterocycles. The molecule has 4 rings (SSSR count). The number of hydrogen-bond acceptors (Lipinski definition) is 3. The molecule has 1 aliphatic carbocycles. The van der Waals surface area contributed by atoms with Gasteiger partial charge in [0.15, 0.2) is 0 Å². The fraction of sp³-hybridized carbons (Fsp3) is 0.500. The fourth-order valence-electron chi connectivity index (χ4n) is 3.75. The van der Waals surface area contributed by atoms with E-state index in [1.165, 1.54) is 6.42 Å². The van der Waals surface area contributed by atoms with Gasteiger partial charge in [-0.25, -0.2) is 4.68 Å². The van der Waals surface area contributed by atoms with E-state index < -0.39 is 0 Å². The number of para-hydroxylation sites is 1. The van der Waals surface area contributed by atoms with Gasteiger partial charge >= 0.3 is 0 Å². The van der Waals surface area contributed by atoms with Crippen molar-refractivity contribution in [3.63, 3.8) is 0 Å². The summed E-state index contributed by atoms with van der Waals surface area (Å²) < 4.78 is 1.89. The zero-order valence-electron chi connectivity index (χ0n) is 15.4. The van der Waals surface area contributed by atoms with Crippen molar-refractivity contribution in [3.8, 4) is 5.69 Å². The summed E-state index contributed by atoms with van der Waals surface area (Å²) in [6, 6.07) is 9.00. The van der Waals surface area contributed by atoms with E-state index in [1.54, 1.807) is 6.20 Å². The van der Waals surface area contributed by atoms with E-state index in [-0.39, 0.29) is 18.3 Å². The van der Waals surface area contributed by atoms with E-state index in [1.807, 2.05) is 29.8 Å². The van der Waals surface area contributed by atoms with Crippen LogP contribution in [0.5, 0.6) is 0 Å². The number of benzene rings is 1. The molecular formula is C20H27ClN4O. The van der Waals surface area contributed by atoms with Crippen molar-refractivity contribution < 1.29 is 4.79 Å². The largest absolute Gasteiger partial charge is 0.334 e. The lowest BCUT2D eigenvalue weighted by Gasteiger charge is -2.25. The molecule has 0 bridgehead atoms. The normalized spacial score (nSPS) is 19.2. The van der Waals surface area contributed by atoms with Crippen LogP contribution in [0.2, 0.25) is 0 Å². The number of nitrogens with one attached hydrogen (secondary N) is 1. The van der Waals surface area contributed by atoms with Crippen LogP contribution in [0.1, 0.15) is 47.3 Å². The highest BCUT2D eigenvalue weighted by atomic mass is 35.5. The average molecular weight is 375 g/mol. The van der Waals surface area contributed by atoms with E-state index in [0.717, 1.165) is 54.9 Å². The van der Waals surface area contributed by atoms with Crippen molar-refractivity contribution in [2.24, 2.45) is 0 Å². The number of aryl methyl sites for hydroxylation is 1. The summed E-state index contributed by atoms with van der Waals surface area (Å²) in [4.78, 5) is 15.3. The Morgan fingerprint density at radius 3 is 2.69 bits per heavy atom. The van der Waals surface area contributed by atoms with Crippen LogP contribution < -0.4 is 5.32 Å². The van der Waals surface area contributed by atoms with Gasteiger partial charge in [-0.3, -0.25) is 4.79 Å². The highest BCUT2D eigenvalue weighted by Crippen LogP contribution is 2.30. The number of aromatic nitrogens is 2. The van der Waals surface area contributed by atoms with Crippen LogP contribution in [0.3, 0.4) is 0 Å². The molecule has 5 nitrogen and oxygen atoms in total. The molecule has 2 heterocycles. The van der Waals surface area contributed by atoms with Crippen molar-refractivity contribution in [1.29, 1.82) is 0 Å². The summed E-state index contributed by atoms with van der Waals surface area (Å²) in [5.41, 5.74) is 3.84. The average Bonchev–Trinajstić information content (AvgIpc) is 3.18. The van der Waals surface area contributed by atoms with Crippen LogP contribution in [-0.4, -0.2) is 45.8 Å². The minimum Gasteiger partial charge on any atom is -0.334 e. The Morgan fingerprint density at radius 1 is 1.27 bits per heavy atom. The lowest BCUT2D eigenvalue weighted by Crippen LogP contribution is -2.42. The first-order chi connectivity index (χ1) is 12.1. The van der Waals surface area contributed by atoms with Crippen molar-refractivity contribution in [2.75, 3.05) is 13.1 Å². The Morgan fingerprint density at radius 2 is 2.04 bits per heavy atom. The van der Waals surface area contributed by atoms with Crippen LogP contribution in [0.4, 0.5) is 0 Å². The number of carbonyl (C=O) groups excluding carboxylic acids is 1. The molecule has 2 aliphatic rings. The van der Waals surface area contributed by atoms with Gasteiger partial charge in [-0.1, -0.05) is 18.2 Å². The van der Waals surface area contributed by atoms with Crippen molar-refractivity contribution in [2.45, 2.75) is 51.6 Å². The fourth-order valence-corrected chi connectivity index (χ4v) is 3.75. The maximum atomic E-state index is 13.2. The predicted octanol–water partition coefficient (Wildman–Crippen LogP) is 3.27. The lowest BCUT2D eigenvalue weighted by atomic mass is 10.1. The second-order valence-corrected chi connectivity index (χ2v) is 7.32. The number of rotatable bonds is 5. The van der Waals surface area contributed by atoms with Gasteiger partial charge < -0.3 is 10.2 Å². The van der Waals surface area contributed by atoms with E-state index >= 15 is 0 Å². The molecule has 1 unspecified atom stereocenters. The van der Waals surface area contributed by atoms with Crippen molar-refractivity contribution in [1.82, 2.24) is 20.0 Å². The summed E-state index contributed by atoms with van der Waals surface area (Å²) >= 11 is 0. The Labute approximate surface area is 161 Å². The third-order valence-corrected chi connectivity index (χ3v) is 5.41. The minimum absolute atomic E-state index is 0. The van der Waals surface area contributed by atoms with Gasteiger partial charge in [0.05, 0.1) is 23.1 Å². The van der Waals surface area contributed by atoms with Gasteiger partial charge in [0, 0.05) is 18.6 Å². The summed E-state index contributed by atoms with van der Waals surface area (Å²) in [7, 11) is 0. The van der Waals surface area contributed by atoms with Gasteiger partial charge in [-0.05, 0) is 57.7 Å². The quantitative estimate of drug-likeness (QED) is 0.873. The summed E-state index contributed by atoms with van der Waals surface area (Å²) in [6.45, 7) is 5.95. The molecule has 1 N–H and O–H groups in total. The molecule has 1 amide bonds. The van der Waals surface area contributed by atoms with Crippen LogP contribution >= 0.6 is 12.4 Å². The van der Waals surface area contributed by atoms with E-state index in [2.05, 4.69) is 28.3 Å². The number of carbonyl (C=O) groups is 1. The molecule has 2 fully saturated rings. The molecule has 140 valence electrons. The lowest BCUT2D eigenvalue weighted by molar-refractivity contribution is 0.0728. The third kappa shape index (κ3) is 3.64. The monoisotopic (exact) mass is 374 g/mol. The van der Waals surface area contributed by atoms with E-state index in [0.29, 0.717) is 12.1 Å². The van der Waals surface area contributed by atoms with Gasteiger partial charge in [-0.15, -0.1) is 12.4 Å². The number of amides is 1. The molecule has 0 radical (unpaired) electrons. The van der Waals surface area contributed by atoms with Gasteiger partial charge in [0.2, 0.25) is 0 Å². The zero-order valence-corrected chi connectivity index (χ0v) is 16.3. The number of halogens is 1. The maximum Gasteiger partial charge on any atom is 0.257 e. The summed E-state index contributed by atoms with van der Waals surface area (Å²) in [5.74, 6) is 0.133. The third-order valence-electron chi connectivity index (χ3n) is 5.41. The van der Waals surface area contributed by atoms with Crippen LogP contribution in [0.15, 0.2) is 30.5 Å².